The molecule has 1 N–H and O–H groups in total. The highest BCUT2D eigenvalue weighted by atomic mass is 35.5. The number of nitrogens with one attached hydrogen (secondary N) is 1. The molecule has 0 unspecified atom stereocenters. The van der Waals surface area contributed by atoms with E-state index in [9.17, 15) is 0 Å². The molecule has 1 heterocycles. The second kappa shape index (κ2) is 7.48. The van der Waals surface area contributed by atoms with Crippen molar-refractivity contribution in [1.29, 1.82) is 0 Å². The molecule has 0 saturated carbocycles. The maximum Gasteiger partial charge on any atom is 0.0426 e. The Morgan fingerprint density at radius 2 is 1.90 bits per heavy atom. The van der Waals surface area contributed by atoms with E-state index >= 15 is 0 Å². The highest BCUT2D eigenvalue weighted by molar-refractivity contribution is 6.30. The van der Waals surface area contributed by atoms with Crippen LogP contribution in [0.2, 0.25) is 5.02 Å². The molecule has 4 heteroatoms. The first-order valence-corrected chi connectivity index (χ1v) is 8.36. The number of hydrogen-bond acceptors (Lipinski definition) is 3. The van der Waals surface area contributed by atoms with Gasteiger partial charge in [0.15, 0.2) is 0 Å². The quantitative estimate of drug-likeness (QED) is 0.870. The predicted octanol–water partition coefficient (Wildman–Crippen LogP) is 3.24. The fourth-order valence-electron chi connectivity index (χ4n) is 2.58. The minimum atomic E-state index is 0.253. The van der Waals surface area contributed by atoms with E-state index in [-0.39, 0.29) is 5.54 Å². The van der Waals surface area contributed by atoms with Crippen molar-refractivity contribution >= 4 is 17.3 Å². The molecule has 1 fully saturated rings. The monoisotopic (exact) mass is 309 g/mol. The number of anilines is 1. The maximum atomic E-state index is 6.07. The molecule has 1 saturated heterocycles. The molecule has 0 bridgehead atoms. The molecular weight excluding hydrogens is 282 g/mol. The van der Waals surface area contributed by atoms with Gasteiger partial charge in [0.2, 0.25) is 0 Å². The summed E-state index contributed by atoms with van der Waals surface area (Å²) in [5, 5.41) is 4.45. The smallest absolute Gasteiger partial charge is 0.0426 e. The first-order valence-electron chi connectivity index (χ1n) is 7.98. The van der Waals surface area contributed by atoms with Gasteiger partial charge in [-0.2, -0.15) is 0 Å². The van der Waals surface area contributed by atoms with Gasteiger partial charge in [0.05, 0.1) is 0 Å². The van der Waals surface area contributed by atoms with Gasteiger partial charge in [0, 0.05) is 55.5 Å². The first kappa shape index (κ1) is 16.6. The zero-order chi connectivity index (χ0) is 15.3. The molecule has 1 aliphatic heterocycles. The Hall–Kier alpha value is -0.770. The molecule has 0 atom stereocenters. The highest BCUT2D eigenvalue weighted by Gasteiger charge is 2.18. The Balaban J connectivity index is 1.73. The van der Waals surface area contributed by atoms with Crippen LogP contribution in [0.5, 0.6) is 0 Å². The average molecular weight is 310 g/mol. The van der Waals surface area contributed by atoms with Gasteiger partial charge < -0.3 is 10.2 Å². The van der Waals surface area contributed by atoms with Crippen molar-refractivity contribution < 1.29 is 0 Å². The lowest BCUT2D eigenvalue weighted by Gasteiger charge is -2.36. The Morgan fingerprint density at radius 1 is 1.19 bits per heavy atom. The third-order valence-electron chi connectivity index (χ3n) is 4.46. The van der Waals surface area contributed by atoms with Crippen molar-refractivity contribution in [2.24, 2.45) is 0 Å². The molecule has 21 heavy (non-hydrogen) atoms. The fraction of sp³-hybridized carbons (Fsp3) is 0.647. The summed E-state index contributed by atoms with van der Waals surface area (Å²) in [6.07, 6.45) is 1.16. The second-order valence-electron chi connectivity index (χ2n) is 6.47. The molecular formula is C17H28ClN3. The van der Waals surface area contributed by atoms with Gasteiger partial charge in [-0.3, -0.25) is 4.90 Å². The van der Waals surface area contributed by atoms with E-state index in [0.29, 0.717) is 0 Å². The van der Waals surface area contributed by atoms with Crippen molar-refractivity contribution in [3.63, 3.8) is 0 Å². The summed E-state index contributed by atoms with van der Waals surface area (Å²) in [4.78, 5) is 4.96. The van der Waals surface area contributed by atoms with Crippen LogP contribution in [0, 0.1) is 0 Å². The van der Waals surface area contributed by atoms with Crippen molar-refractivity contribution in [1.82, 2.24) is 10.2 Å². The molecule has 2 rings (SSSR count). The Bertz CT molecular complexity index is 439. The van der Waals surface area contributed by atoms with Crippen LogP contribution in [-0.4, -0.2) is 49.7 Å². The summed E-state index contributed by atoms with van der Waals surface area (Å²) in [5.74, 6) is 0. The number of hydrogen-bond donors (Lipinski definition) is 1. The minimum absolute atomic E-state index is 0.253. The minimum Gasteiger partial charge on any atom is -0.369 e. The number of nitrogens with zero attached hydrogens (tertiary/aromatic N) is 2. The van der Waals surface area contributed by atoms with Crippen molar-refractivity contribution in [2.75, 3.05) is 44.2 Å². The van der Waals surface area contributed by atoms with Gasteiger partial charge in [0.25, 0.3) is 0 Å². The molecule has 0 aromatic heterocycles. The number of piperazine rings is 1. The van der Waals surface area contributed by atoms with E-state index in [0.717, 1.165) is 50.7 Å². The molecule has 1 aromatic rings. The summed E-state index contributed by atoms with van der Waals surface area (Å²) in [6.45, 7) is 13.4. The lowest BCUT2D eigenvalue weighted by Crippen LogP contribution is -2.50. The van der Waals surface area contributed by atoms with Crippen LogP contribution >= 0.6 is 11.6 Å². The summed E-state index contributed by atoms with van der Waals surface area (Å²) in [7, 11) is 0. The Kier molecular flexibility index (Phi) is 5.91. The molecule has 0 spiro atoms. The van der Waals surface area contributed by atoms with Gasteiger partial charge in [-0.15, -0.1) is 0 Å². The lowest BCUT2D eigenvalue weighted by atomic mass is 10.0. The van der Waals surface area contributed by atoms with E-state index in [1.165, 1.54) is 5.69 Å². The second-order valence-corrected chi connectivity index (χ2v) is 6.91. The maximum absolute atomic E-state index is 6.07. The van der Waals surface area contributed by atoms with E-state index in [1.54, 1.807) is 0 Å². The Morgan fingerprint density at radius 3 is 2.52 bits per heavy atom. The lowest BCUT2D eigenvalue weighted by molar-refractivity contribution is 0.243. The fourth-order valence-corrected chi connectivity index (χ4v) is 2.76. The summed E-state index contributed by atoms with van der Waals surface area (Å²) >= 11 is 6.07. The number of rotatable bonds is 6. The first-order chi connectivity index (χ1) is 10.00. The predicted molar refractivity (Wildman–Crippen MR) is 92.5 cm³/mol. The zero-order valence-electron chi connectivity index (χ0n) is 13.5. The van der Waals surface area contributed by atoms with E-state index in [2.05, 4.69) is 48.0 Å². The van der Waals surface area contributed by atoms with Gasteiger partial charge >= 0.3 is 0 Å². The van der Waals surface area contributed by atoms with Crippen LogP contribution in [-0.2, 0) is 0 Å². The summed E-state index contributed by atoms with van der Waals surface area (Å²) in [6, 6.07) is 8.17. The summed E-state index contributed by atoms with van der Waals surface area (Å²) < 4.78 is 0. The average Bonchev–Trinajstić information content (AvgIpc) is 2.48. The molecule has 0 amide bonds. The topological polar surface area (TPSA) is 18.5 Å². The normalized spacial score (nSPS) is 17.2. The Labute approximate surface area is 134 Å². The SMILES string of the molecule is CCC(C)(C)NCCN1CCN(c2cccc(Cl)c2)CC1. The standard InChI is InChI=1S/C17H28ClN3/c1-4-17(2,3)19-8-9-20-10-12-21(13-11-20)16-7-5-6-15(18)14-16/h5-7,14,19H,4,8-13H2,1-3H3. The van der Waals surface area contributed by atoms with Crippen LogP contribution in [0.1, 0.15) is 27.2 Å². The molecule has 0 aliphatic carbocycles. The van der Waals surface area contributed by atoms with Crippen LogP contribution in [0.3, 0.4) is 0 Å². The third kappa shape index (κ3) is 5.17. The summed E-state index contributed by atoms with van der Waals surface area (Å²) in [5.41, 5.74) is 1.50. The zero-order valence-corrected chi connectivity index (χ0v) is 14.3. The van der Waals surface area contributed by atoms with Crippen LogP contribution < -0.4 is 10.2 Å². The number of halogens is 1. The number of benzene rings is 1. The third-order valence-corrected chi connectivity index (χ3v) is 4.70. The van der Waals surface area contributed by atoms with E-state index < -0.39 is 0 Å². The van der Waals surface area contributed by atoms with Crippen LogP contribution in [0.15, 0.2) is 24.3 Å². The largest absolute Gasteiger partial charge is 0.369 e. The molecule has 0 radical (unpaired) electrons. The van der Waals surface area contributed by atoms with Gasteiger partial charge in [-0.05, 0) is 38.5 Å². The molecule has 3 nitrogen and oxygen atoms in total. The molecule has 1 aromatic carbocycles. The van der Waals surface area contributed by atoms with E-state index in [4.69, 9.17) is 11.6 Å². The van der Waals surface area contributed by atoms with Gasteiger partial charge in [0.1, 0.15) is 0 Å². The van der Waals surface area contributed by atoms with Crippen molar-refractivity contribution in [3.8, 4) is 0 Å². The van der Waals surface area contributed by atoms with Crippen molar-refractivity contribution in [2.45, 2.75) is 32.7 Å². The van der Waals surface area contributed by atoms with E-state index in [1.807, 2.05) is 12.1 Å². The molecule has 1 aliphatic rings. The van der Waals surface area contributed by atoms with Crippen LogP contribution in [0.4, 0.5) is 5.69 Å². The highest BCUT2D eigenvalue weighted by Crippen LogP contribution is 2.20. The van der Waals surface area contributed by atoms with Crippen molar-refractivity contribution in [3.05, 3.63) is 29.3 Å². The van der Waals surface area contributed by atoms with Gasteiger partial charge in [-0.1, -0.05) is 24.6 Å². The van der Waals surface area contributed by atoms with Gasteiger partial charge in [-0.25, -0.2) is 0 Å². The van der Waals surface area contributed by atoms with Crippen LogP contribution in [0.25, 0.3) is 0 Å². The molecule has 118 valence electrons.